The van der Waals surface area contributed by atoms with E-state index in [0.29, 0.717) is 12.5 Å². The standard InChI is InChI=1S/C5H9NOS/c7-5-2-1-4(3-8)6-5/h4,8H,1-3H2,(H,6,7)/t4-/m1/s1. The van der Waals surface area contributed by atoms with Gasteiger partial charge in [-0.15, -0.1) is 0 Å². The molecule has 1 aliphatic rings. The summed E-state index contributed by atoms with van der Waals surface area (Å²) >= 11 is 4.04. The van der Waals surface area contributed by atoms with E-state index in [2.05, 4.69) is 17.9 Å². The molecule has 0 radical (unpaired) electrons. The molecule has 1 atom stereocenters. The van der Waals surface area contributed by atoms with Gasteiger partial charge in [-0.25, -0.2) is 0 Å². The molecule has 0 aromatic carbocycles. The maximum absolute atomic E-state index is 10.5. The molecule has 1 heterocycles. The molecule has 0 bridgehead atoms. The number of rotatable bonds is 1. The molecule has 2 nitrogen and oxygen atoms in total. The van der Waals surface area contributed by atoms with Crippen LogP contribution in [0.2, 0.25) is 0 Å². The van der Waals surface area contributed by atoms with Crippen molar-refractivity contribution in [3.8, 4) is 0 Å². The lowest BCUT2D eigenvalue weighted by Crippen LogP contribution is -2.26. The van der Waals surface area contributed by atoms with Crippen LogP contribution >= 0.6 is 12.6 Å². The molecule has 3 heteroatoms. The van der Waals surface area contributed by atoms with Crippen LogP contribution in [-0.2, 0) is 4.79 Å². The van der Waals surface area contributed by atoms with Crippen molar-refractivity contribution in [2.75, 3.05) is 5.75 Å². The van der Waals surface area contributed by atoms with Crippen molar-refractivity contribution in [3.63, 3.8) is 0 Å². The number of carbonyl (C=O) groups excluding carboxylic acids is 1. The maximum Gasteiger partial charge on any atom is 0.220 e. The fourth-order valence-electron chi connectivity index (χ4n) is 0.814. The summed E-state index contributed by atoms with van der Waals surface area (Å²) in [6, 6.07) is 0.339. The third-order valence-corrected chi connectivity index (χ3v) is 1.75. The predicted molar refractivity (Wildman–Crippen MR) is 35.0 cm³/mol. The van der Waals surface area contributed by atoms with E-state index in [-0.39, 0.29) is 5.91 Å². The highest BCUT2D eigenvalue weighted by atomic mass is 32.1. The summed E-state index contributed by atoms with van der Waals surface area (Å²) in [7, 11) is 0. The van der Waals surface area contributed by atoms with E-state index in [1.807, 2.05) is 0 Å². The molecule has 1 fully saturated rings. The van der Waals surface area contributed by atoms with E-state index in [0.717, 1.165) is 12.2 Å². The Bertz CT molecular complexity index is 105. The van der Waals surface area contributed by atoms with Gasteiger partial charge in [0.1, 0.15) is 0 Å². The lowest BCUT2D eigenvalue weighted by atomic mass is 10.2. The highest BCUT2D eigenvalue weighted by Gasteiger charge is 2.18. The summed E-state index contributed by atoms with van der Waals surface area (Å²) in [5.74, 6) is 0.940. The smallest absolute Gasteiger partial charge is 0.220 e. The first-order valence-corrected chi connectivity index (χ1v) is 3.36. The Morgan fingerprint density at radius 2 is 2.62 bits per heavy atom. The molecule has 0 unspecified atom stereocenters. The van der Waals surface area contributed by atoms with E-state index in [9.17, 15) is 4.79 Å². The molecule has 0 saturated carbocycles. The minimum absolute atomic E-state index is 0.170. The van der Waals surface area contributed by atoms with Gasteiger partial charge in [0.05, 0.1) is 0 Å². The maximum atomic E-state index is 10.5. The first-order valence-electron chi connectivity index (χ1n) is 2.73. The molecule has 1 rings (SSSR count). The normalized spacial score (nSPS) is 28.1. The van der Waals surface area contributed by atoms with Crippen molar-refractivity contribution < 1.29 is 4.79 Å². The Labute approximate surface area is 54.1 Å². The zero-order chi connectivity index (χ0) is 5.98. The molecular weight excluding hydrogens is 122 g/mol. The van der Waals surface area contributed by atoms with E-state index >= 15 is 0 Å². The van der Waals surface area contributed by atoms with Gasteiger partial charge in [-0.05, 0) is 6.42 Å². The summed E-state index contributed by atoms with van der Waals surface area (Å²) < 4.78 is 0. The number of hydrogen-bond donors (Lipinski definition) is 2. The van der Waals surface area contributed by atoms with E-state index in [1.165, 1.54) is 0 Å². The molecule has 1 N–H and O–H groups in total. The molecular formula is C5H9NOS. The van der Waals surface area contributed by atoms with Crippen LogP contribution < -0.4 is 5.32 Å². The summed E-state index contributed by atoms with van der Waals surface area (Å²) in [5, 5.41) is 2.79. The van der Waals surface area contributed by atoms with E-state index in [4.69, 9.17) is 0 Å². The lowest BCUT2D eigenvalue weighted by molar-refractivity contribution is -0.119. The molecule has 1 amide bonds. The van der Waals surface area contributed by atoms with Gasteiger partial charge in [0.2, 0.25) is 5.91 Å². The number of carbonyl (C=O) groups is 1. The van der Waals surface area contributed by atoms with Crippen LogP contribution in [0.25, 0.3) is 0 Å². The first kappa shape index (κ1) is 5.95. The van der Waals surface area contributed by atoms with E-state index < -0.39 is 0 Å². The van der Waals surface area contributed by atoms with Crippen LogP contribution in [0.1, 0.15) is 12.8 Å². The van der Waals surface area contributed by atoms with Gasteiger partial charge in [0, 0.05) is 18.2 Å². The third-order valence-electron chi connectivity index (χ3n) is 1.31. The summed E-state index contributed by atoms with van der Waals surface area (Å²) in [5.41, 5.74) is 0. The molecule has 0 aromatic rings. The van der Waals surface area contributed by atoms with Crippen molar-refractivity contribution >= 4 is 18.5 Å². The van der Waals surface area contributed by atoms with Crippen molar-refractivity contribution in [2.24, 2.45) is 0 Å². The Hall–Kier alpha value is -0.180. The van der Waals surface area contributed by atoms with Crippen molar-refractivity contribution in [1.29, 1.82) is 0 Å². The monoisotopic (exact) mass is 131 g/mol. The molecule has 0 spiro atoms. The van der Waals surface area contributed by atoms with Crippen LogP contribution in [-0.4, -0.2) is 17.7 Å². The molecule has 8 heavy (non-hydrogen) atoms. The molecule has 1 aliphatic heterocycles. The Morgan fingerprint density at radius 1 is 1.88 bits per heavy atom. The van der Waals surface area contributed by atoms with Gasteiger partial charge in [-0.1, -0.05) is 0 Å². The van der Waals surface area contributed by atoms with Crippen LogP contribution in [0.4, 0.5) is 0 Å². The second-order valence-electron chi connectivity index (χ2n) is 1.99. The summed E-state index contributed by atoms with van der Waals surface area (Å²) in [6.45, 7) is 0. The van der Waals surface area contributed by atoms with Crippen molar-refractivity contribution in [1.82, 2.24) is 5.32 Å². The number of thiol groups is 1. The van der Waals surface area contributed by atoms with Crippen LogP contribution in [0, 0.1) is 0 Å². The zero-order valence-electron chi connectivity index (χ0n) is 4.55. The summed E-state index contributed by atoms with van der Waals surface area (Å²) in [6.07, 6.45) is 1.65. The predicted octanol–water partition coefficient (Wildman–Crippen LogP) is 0.195. The number of amides is 1. The quantitative estimate of drug-likeness (QED) is 0.489. The molecule has 46 valence electrons. The largest absolute Gasteiger partial charge is 0.353 e. The fourth-order valence-corrected chi connectivity index (χ4v) is 1.09. The number of nitrogens with one attached hydrogen (secondary N) is 1. The van der Waals surface area contributed by atoms with E-state index in [1.54, 1.807) is 0 Å². The van der Waals surface area contributed by atoms with Crippen LogP contribution in [0.3, 0.4) is 0 Å². The Balaban J connectivity index is 2.32. The van der Waals surface area contributed by atoms with Crippen LogP contribution in [0.5, 0.6) is 0 Å². The minimum atomic E-state index is 0.170. The number of hydrogen-bond acceptors (Lipinski definition) is 2. The second-order valence-corrected chi connectivity index (χ2v) is 2.35. The molecule has 0 aromatic heterocycles. The minimum Gasteiger partial charge on any atom is -0.353 e. The van der Waals surface area contributed by atoms with Crippen molar-refractivity contribution in [2.45, 2.75) is 18.9 Å². The molecule has 0 aliphatic carbocycles. The van der Waals surface area contributed by atoms with Gasteiger partial charge in [0.25, 0.3) is 0 Å². The van der Waals surface area contributed by atoms with Gasteiger partial charge in [0.15, 0.2) is 0 Å². The first-order chi connectivity index (χ1) is 3.83. The SMILES string of the molecule is O=C1CC[C@H](CS)N1. The van der Waals surface area contributed by atoms with Gasteiger partial charge < -0.3 is 5.32 Å². The van der Waals surface area contributed by atoms with Crippen molar-refractivity contribution in [3.05, 3.63) is 0 Å². The topological polar surface area (TPSA) is 29.1 Å². The van der Waals surface area contributed by atoms with Gasteiger partial charge in [-0.3, -0.25) is 4.79 Å². The fraction of sp³-hybridized carbons (Fsp3) is 0.800. The Kier molecular flexibility index (Phi) is 1.78. The third kappa shape index (κ3) is 1.15. The average Bonchev–Trinajstić information content (AvgIpc) is 2.14. The van der Waals surface area contributed by atoms with Gasteiger partial charge >= 0.3 is 0 Å². The Morgan fingerprint density at radius 3 is 2.88 bits per heavy atom. The highest BCUT2D eigenvalue weighted by molar-refractivity contribution is 7.80. The second kappa shape index (κ2) is 2.40. The van der Waals surface area contributed by atoms with Gasteiger partial charge in [-0.2, -0.15) is 12.6 Å². The summed E-state index contributed by atoms with van der Waals surface area (Å²) in [4.78, 5) is 10.5. The lowest BCUT2D eigenvalue weighted by Gasteiger charge is -2.01. The zero-order valence-corrected chi connectivity index (χ0v) is 5.45. The average molecular weight is 131 g/mol. The molecule has 1 saturated heterocycles. The van der Waals surface area contributed by atoms with Crippen LogP contribution in [0.15, 0.2) is 0 Å². The highest BCUT2D eigenvalue weighted by Crippen LogP contribution is 2.06.